The monoisotopic (exact) mass is 318 g/mol. The molecule has 2 amide bonds. The summed E-state index contributed by atoms with van der Waals surface area (Å²) in [7, 11) is 0. The summed E-state index contributed by atoms with van der Waals surface area (Å²) in [5, 5.41) is 0. The van der Waals surface area contributed by atoms with Crippen LogP contribution in [0.25, 0.3) is 0 Å². The Hall–Kier alpha value is -1.91. The number of fused-ring (bicyclic) bond motifs is 1. The van der Waals surface area contributed by atoms with Gasteiger partial charge < -0.3 is 9.80 Å². The standard InChI is InChI=1S/C18H23FN2O2/c1-13-18(23)20-11-3-5-16(20)12-21(13)17(22)6-2-4-14-7-9-15(19)10-8-14/h7-10,13,16H,2-6,11-12H2,1H3/t13-,16-/m1/s1. The average Bonchev–Trinajstić information content (AvgIpc) is 3.01. The van der Waals surface area contributed by atoms with Gasteiger partial charge in [-0.1, -0.05) is 12.1 Å². The van der Waals surface area contributed by atoms with Gasteiger partial charge in [0, 0.05) is 25.6 Å². The fraction of sp³-hybridized carbons (Fsp3) is 0.556. The fourth-order valence-electron chi connectivity index (χ4n) is 3.63. The Bertz CT molecular complexity index is 587. The van der Waals surface area contributed by atoms with Crippen LogP contribution in [-0.4, -0.2) is 46.8 Å². The summed E-state index contributed by atoms with van der Waals surface area (Å²) in [6, 6.07) is 6.25. The minimum Gasteiger partial charge on any atom is -0.336 e. The molecule has 0 bridgehead atoms. The van der Waals surface area contributed by atoms with Gasteiger partial charge in [-0.15, -0.1) is 0 Å². The molecule has 0 aliphatic carbocycles. The second-order valence-electron chi connectivity index (χ2n) is 6.53. The van der Waals surface area contributed by atoms with Gasteiger partial charge in [-0.3, -0.25) is 9.59 Å². The molecule has 2 aliphatic rings. The molecule has 0 N–H and O–H groups in total. The summed E-state index contributed by atoms with van der Waals surface area (Å²) < 4.78 is 12.9. The van der Waals surface area contributed by atoms with E-state index < -0.39 is 0 Å². The first-order chi connectivity index (χ1) is 11.1. The van der Waals surface area contributed by atoms with E-state index in [1.165, 1.54) is 12.1 Å². The lowest BCUT2D eigenvalue weighted by molar-refractivity contribution is -0.152. The zero-order valence-corrected chi connectivity index (χ0v) is 13.5. The number of piperazine rings is 1. The highest BCUT2D eigenvalue weighted by molar-refractivity contribution is 5.89. The molecule has 0 spiro atoms. The van der Waals surface area contributed by atoms with Crippen molar-refractivity contribution in [2.75, 3.05) is 13.1 Å². The molecule has 0 unspecified atom stereocenters. The molecule has 0 radical (unpaired) electrons. The number of carbonyl (C=O) groups excluding carboxylic acids is 2. The Morgan fingerprint density at radius 1 is 1.30 bits per heavy atom. The van der Waals surface area contributed by atoms with E-state index in [0.717, 1.165) is 37.8 Å². The fourth-order valence-corrected chi connectivity index (χ4v) is 3.63. The van der Waals surface area contributed by atoms with Crippen molar-refractivity contribution in [2.45, 2.75) is 51.1 Å². The van der Waals surface area contributed by atoms with E-state index in [9.17, 15) is 14.0 Å². The zero-order chi connectivity index (χ0) is 16.4. The normalized spacial score (nSPS) is 24.0. The Kier molecular flexibility index (Phi) is 4.64. The maximum absolute atomic E-state index is 12.9. The number of amides is 2. The predicted molar refractivity (Wildman–Crippen MR) is 85.2 cm³/mol. The highest BCUT2D eigenvalue weighted by Crippen LogP contribution is 2.26. The van der Waals surface area contributed by atoms with E-state index in [-0.39, 0.29) is 29.7 Å². The molecular weight excluding hydrogens is 295 g/mol. The number of nitrogens with zero attached hydrogens (tertiary/aromatic N) is 2. The highest BCUT2D eigenvalue weighted by Gasteiger charge is 2.41. The van der Waals surface area contributed by atoms with Gasteiger partial charge in [0.15, 0.2) is 0 Å². The van der Waals surface area contributed by atoms with Gasteiger partial charge in [-0.05, 0) is 50.3 Å². The summed E-state index contributed by atoms with van der Waals surface area (Å²) in [6.45, 7) is 3.33. The molecule has 2 heterocycles. The summed E-state index contributed by atoms with van der Waals surface area (Å²) in [5.41, 5.74) is 1.03. The molecule has 2 atom stereocenters. The van der Waals surface area contributed by atoms with E-state index >= 15 is 0 Å². The molecule has 1 aromatic carbocycles. The molecular formula is C18H23FN2O2. The number of rotatable bonds is 4. The number of benzene rings is 1. The zero-order valence-electron chi connectivity index (χ0n) is 13.5. The quantitative estimate of drug-likeness (QED) is 0.855. The maximum atomic E-state index is 12.9. The Balaban J connectivity index is 1.53. The van der Waals surface area contributed by atoms with E-state index in [1.807, 2.05) is 11.8 Å². The molecule has 0 saturated carbocycles. The number of hydrogen-bond donors (Lipinski definition) is 0. The van der Waals surface area contributed by atoms with Crippen LogP contribution >= 0.6 is 0 Å². The number of hydrogen-bond acceptors (Lipinski definition) is 2. The molecule has 2 aliphatic heterocycles. The molecule has 4 nitrogen and oxygen atoms in total. The van der Waals surface area contributed by atoms with Crippen molar-refractivity contribution < 1.29 is 14.0 Å². The number of aryl methyl sites for hydroxylation is 1. The molecule has 124 valence electrons. The van der Waals surface area contributed by atoms with Crippen molar-refractivity contribution in [2.24, 2.45) is 0 Å². The van der Waals surface area contributed by atoms with Crippen molar-refractivity contribution in [3.63, 3.8) is 0 Å². The molecule has 5 heteroatoms. The van der Waals surface area contributed by atoms with E-state index in [4.69, 9.17) is 0 Å². The van der Waals surface area contributed by atoms with Crippen molar-refractivity contribution in [1.82, 2.24) is 9.80 Å². The summed E-state index contributed by atoms with van der Waals surface area (Å²) in [5.74, 6) is -0.100. The van der Waals surface area contributed by atoms with Crippen LogP contribution < -0.4 is 0 Å². The lowest BCUT2D eigenvalue weighted by Crippen LogP contribution is -2.60. The van der Waals surface area contributed by atoms with Gasteiger partial charge in [0.1, 0.15) is 11.9 Å². The smallest absolute Gasteiger partial charge is 0.245 e. The highest BCUT2D eigenvalue weighted by atomic mass is 19.1. The van der Waals surface area contributed by atoms with Crippen LogP contribution in [0.15, 0.2) is 24.3 Å². The molecule has 0 aromatic heterocycles. The lowest BCUT2D eigenvalue weighted by Gasteiger charge is -2.41. The Morgan fingerprint density at radius 2 is 2.04 bits per heavy atom. The lowest BCUT2D eigenvalue weighted by atomic mass is 10.0. The van der Waals surface area contributed by atoms with Crippen LogP contribution in [0.3, 0.4) is 0 Å². The average molecular weight is 318 g/mol. The van der Waals surface area contributed by atoms with Crippen molar-refractivity contribution in [3.8, 4) is 0 Å². The minimum absolute atomic E-state index is 0.0551. The molecule has 23 heavy (non-hydrogen) atoms. The molecule has 3 rings (SSSR count). The van der Waals surface area contributed by atoms with Crippen LogP contribution in [0, 0.1) is 5.82 Å². The van der Waals surface area contributed by atoms with Gasteiger partial charge in [-0.2, -0.15) is 0 Å². The van der Waals surface area contributed by atoms with Crippen LogP contribution in [-0.2, 0) is 16.0 Å². The largest absolute Gasteiger partial charge is 0.336 e. The molecule has 2 fully saturated rings. The van der Waals surface area contributed by atoms with Crippen LogP contribution in [0.4, 0.5) is 4.39 Å². The molecule has 2 saturated heterocycles. The number of halogens is 1. The summed E-state index contributed by atoms with van der Waals surface area (Å²) in [4.78, 5) is 28.5. The second kappa shape index (κ2) is 6.69. The maximum Gasteiger partial charge on any atom is 0.245 e. The SMILES string of the molecule is C[C@@H]1C(=O)N2CCC[C@@H]2CN1C(=O)CCCc1ccc(F)cc1. The summed E-state index contributed by atoms with van der Waals surface area (Å²) in [6.07, 6.45) is 3.93. The van der Waals surface area contributed by atoms with Gasteiger partial charge >= 0.3 is 0 Å². The predicted octanol–water partition coefficient (Wildman–Crippen LogP) is 2.37. The number of carbonyl (C=O) groups is 2. The molecule has 1 aromatic rings. The second-order valence-corrected chi connectivity index (χ2v) is 6.53. The first-order valence-corrected chi connectivity index (χ1v) is 8.40. The van der Waals surface area contributed by atoms with Crippen molar-refractivity contribution in [1.29, 1.82) is 0 Å². The third-order valence-corrected chi connectivity index (χ3v) is 4.98. The van der Waals surface area contributed by atoms with Crippen molar-refractivity contribution in [3.05, 3.63) is 35.6 Å². The van der Waals surface area contributed by atoms with Crippen LogP contribution in [0.2, 0.25) is 0 Å². The van der Waals surface area contributed by atoms with E-state index in [1.54, 1.807) is 17.0 Å². The summed E-state index contributed by atoms with van der Waals surface area (Å²) >= 11 is 0. The Morgan fingerprint density at radius 3 is 2.78 bits per heavy atom. The van der Waals surface area contributed by atoms with E-state index in [2.05, 4.69) is 0 Å². The van der Waals surface area contributed by atoms with Gasteiger partial charge in [0.25, 0.3) is 0 Å². The van der Waals surface area contributed by atoms with Gasteiger partial charge in [-0.25, -0.2) is 4.39 Å². The minimum atomic E-state index is -0.345. The van der Waals surface area contributed by atoms with Gasteiger partial charge in [0.05, 0.1) is 0 Å². The van der Waals surface area contributed by atoms with Crippen LogP contribution in [0.1, 0.15) is 38.2 Å². The topological polar surface area (TPSA) is 40.6 Å². The first-order valence-electron chi connectivity index (χ1n) is 8.40. The van der Waals surface area contributed by atoms with Crippen LogP contribution in [0.5, 0.6) is 0 Å². The van der Waals surface area contributed by atoms with Crippen molar-refractivity contribution >= 4 is 11.8 Å². The Labute approximate surface area is 136 Å². The first kappa shape index (κ1) is 16.0. The third-order valence-electron chi connectivity index (χ3n) is 4.98. The van der Waals surface area contributed by atoms with E-state index in [0.29, 0.717) is 13.0 Å². The third kappa shape index (κ3) is 3.38. The van der Waals surface area contributed by atoms with Gasteiger partial charge in [0.2, 0.25) is 11.8 Å².